The molecule has 4 aromatic heterocycles. The van der Waals surface area contributed by atoms with Crippen LogP contribution in [0.1, 0.15) is 17.5 Å². The summed E-state index contributed by atoms with van der Waals surface area (Å²) in [7, 11) is 1.63. The number of aromatic nitrogens is 4. The summed E-state index contributed by atoms with van der Waals surface area (Å²) in [5.74, 6) is 2.89. The molecule has 3 fully saturated rings. The number of pyridine rings is 3. The summed E-state index contributed by atoms with van der Waals surface area (Å²) in [6, 6.07) is 11.0. The van der Waals surface area contributed by atoms with Crippen LogP contribution in [0, 0.1) is 5.41 Å². The lowest BCUT2D eigenvalue weighted by molar-refractivity contribution is -0.00876. The Morgan fingerprint density at radius 1 is 1.16 bits per heavy atom. The first-order chi connectivity index (χ1) is 18.6. The molecule has 3 aliphatic rings. The number of halogens is 1. The number of nitrogens with zero attached hydrogens (tertiary/aromatic N) is 6. The first-order valence-electron chi connectivity index (χ1n) is 12.5. The van der Waals surface area contributed by atoms with Crippen LogP contribution in [0.5, 0.6) is 11.6 Å². The second kappa shape index (κ2) is 10.1. The zero-order valence-electron chi connectivity index (χ0n) is 21.0. The summed E-state index contributed by atoms with van der Waals surface area (Å²) < 4.78 is 12.6. The van der Waals surface area contributed by atoms with E-state index in [9.17, 15) is 0 Å². The number of rotatable bonds is 9. The number of fused-ring (bicyclic) bond motifs is 3. The molecule has 3 aliphatic heterocycles. The van der Waals surface area contributed by atoms with Gasteiger partial charge in [0.15, 0.2) is 5.82 Å². The van der Waals surface area contributed by atoms with Gasteiger partial charge >= 0.3 is 0 Å². The van der Waals surface area contributed by atoms with Gasteiger partial charge in [0, 0.05) is 67.5 Å². The van der Waals surface area contributed by atoms with Crippen LogP contribution >= 0.6 is 11.6 Å². The van der Waals surface area contributed by atoms with Crippen molar-refractivity contribution < 1.29 is 9.47 Å². The van der Waals surface area contributed by atoms with Crippen molar-refractivity contribution in [1.82, 2.24) is 24.5 Å². The van der Waals surface area contributed by atoms with Crippen LogP contribution in [0.4, 0.5) is 11.6 Å². The summed E-state index contributed by atoms with van der Waals surface area (Å²) >= 11 is 5.82. The Kier molecular flexibility index (Phi) is 6.50. The molecule has 0 amide bonds. The average molecular weight is 533 g/mol. The van der Waals surface area contributed by atoms with E-state index >= 15 is 0 Å². The van der Waals surface area contributed by atoms with E-state index in [4.69, 9.17) is 37.2 Å². The minimum Gasteiger partial charge on any atom is -0.491 e. The van der Waals surface area contributed by atoms with Crippen molar-refractivity contribution >= 4 is 35.0 Å². The van der Waals surface area contributed by atoms with Crippen molar-refractivity contribution in [2.75, 3.05) is 43.3 Å². The number of nitrogen functional groups attached to an aromatic ring is 1. The number of nitrogens with two attached hydrogens (primary N) is 1. The van der Waals surface area contributed by atoms with Crippen molar-refractivity contribution in [2.45, 2.75) is 25.0 Å². The van der Waals surface area contributed by atoms with Gasteiger partial charge in [0.05, 0.1) is 30.3 Å². The highest BCUT2D eigenvalue weighted by Crippen LogP contribution is 2.37. The van der Waals surface area contributed by atoms with Crippen LogP contribution in [0.15, 0.2) is 48.9 Å². The van der Waals surface area contributed by atoms with Gasteiger partial charge in [-0.05, 0) is 30.2 Å². The third-order valence-electron chi connectivity index (χ3n) is 7.36. The monoisotopic (exact) mass is 532 g/mol. The number of anilines is 2. The van der Waals surface area contributed by atoms with Crippen molar-refractivity contribution in [1.29, 1.82) is 5.41 Å². The number of nitrogens with one attached hydrogen (secondary N) is 1. The molecule has 2 bridgehead atoms. The van der Waals surface area contributed by atoms with E-state index in [0.29, 0.717) is 47.6 Å². The molecule has 196 valence electrons. The first-order valence-corrected chi connectivity index (χ1v) is 13.1. The second-order valence-electron chi connectivity index (χ2n) is 9.60. The van der Waals surface area contributed by atoms with Crippen molar-refractivity contribution in [3.63, 3.8) is 0 Å². The maximum Gasteiger partial charge on any atom is 0.212 e. The molecule has 2 atom stereocenters. The number of piperidine rings is 1. The fraction of sp³-hybridized carbons (Fsp3) is 0.333. The first kappa shape index (κ1) is 24.4. The van der Waals surface area contributed by atoms with E-state index in [1.807, 2.05) is 24.5 Å². The van der Waals surface area contributed by atoms with Gasteiger partial charge in [-0.25, -0.2) is 14.5 Å². The largest absolute Gasteiger partial charge is 0.491 e. The molecule has 4 aromatic rings. The number of ether oxygens (including phenoxy) is 2. The molecule has 2 unspecified atom stereocenters. The van der Waals surface area contributed by atoms with Gasteiger partial charge in [0.1, 0.15) is 18.2 Å². The molecule has 7 heterocycles. The fourth-order valence-electron chi connectivity index (χ4n) is 5.49. The van der Waals surface area contributed by atoms with Gasteiger partial charge in [-0.3, -0.25) is 4.90 Å². The van der Waals surface area contributed by atoms with E-state index < -0.39 is 0 Å². The molecule has 0 aliphatic carbocycles. The standard InChI is InChI=1S/C27H29ClN8O2/c1-37-25-5-2-17(11-32-25)13-35-19-8-20(35)15-34(14-19)24-4-3-18(12-31-24)22-9-21(38-7-6-28)16-36-26(22)23(10-29)27(30)33-36/h2-5,9-12,16,19-20,29H,6-8,13-15H2,1H3,(H2,30,33). The highest BCUT2D eigenvalue weighted by atomic mass is 35.5. The zero-order chi connectivity index (χ0) is 26.2. The summed E-state index contributed by atoms with van der Waals surface area (Å²) in [5.41, 5.74) is 10.3. The topological polar surface area (TPSA) is 118 Å². The molecule has 0 spiro atoms. The Morgan fingerprint density at radius 2 is 2.00 bits per heavy atom. The third kappa shape index (κ3) is 4.39. The van der Waals surface area contributed by atoms with Crippen molar-refractivity contribution in [2.24, 2.45) is 0 Å². The number of alkyl halides is 1. The summed E-state index contributed by atoms with van der Waals surface area (Å²) in [5, 5.41) is 12.2. The molecule has 10 nitrogen and oxygen atoms in total. The highest BCUT2D eigenvalue weighted by Gasteiger charge is 2.44. The molecule has 0 aromatic carbocycles. The smallest absolute Gasteiger partial charge is 0.212 e. The lowest BCUT2D eigenvalue weighted by Gasteiger charge is -2.56. The molecule has 0 radical (unpaired) electrons. The molecule has 3 saturated heterocycles. The lowest BCUT2D eigenvalue weighted by Crippen LogP contribution is -2.68. The Labute approximate surface area is 225 Å². The summed E-state index contributed by atoms with van der Waals surface area (Å²) in [6.07, 6.45) is 7.96. The fourth-order valence-corrected chi connectivity index (χ4v) is 5.57. The molecule has 3 N–H and O–H groups in total. The Balaban J connectivity index is 1.21. The predicted molar refractivity (Wildman–Crippen MR) is 148 cm³/mol. The van der Waals surface area contributed by atoms with Crippen molar-refractivity contribution in [3.8, 4) is 22.8 Å². The Bertz CT molecular complexity index is 1440. The van der Waals surface area contributed by atoms with Crippen LogP contribution in [-0.2, 0) is 6.54 Å². The molecule has 7 rings (SSSR count). The van der Waals surface area contributed by atoms with E-state index in [-0.39, 0.29) is 0 Å². The molecule has 38 heavy (non-hydrogen) atoms. The lowest BCUT2D eigenvalue weighted by atomic mass is 9.87. The molecule has 0 saturated carbocycles. The minimum absolute atomic E-state index is 0.294. The van der Waals surface area contributed by atoms with Gasteiger partial charge in [0.25, 0.3) is 0 Å². The van der Waals surface area contributed by atoms with Crippen LogP contribution in [0.2, 0.25) is 0 Å². The van der Waals surface area contributed by atoms with Gasteiger partial charge in [-0.1, -0.05) is 6.07 Å². The molecule has 11 heteroatoms. The van der Waals surface area contributed by atoms with E-state index in [2.05, 4.69) is 38.1 Å². The zero-order valence-corrected chi connectivity index (χ0v) is 21.8. The highest BCUT2D eigenvalue weighted by molar-refractivity contribution is 6.18. The van der Waals surface area contributed by atoms with E-state index in [1.54, 1.807) is 17.8 Å². The summed E-state index contributed by atoms with van der Waals surface area (Å²) in [4.78, 5) is 14.1. The maximum absolute atomic E-state index is 7.86. The van der Waals surface area contributed by atoms with Crippen LogP contribution in [0.25, 0.3) is 16.6 Å². The van der Waals surface area contributed by atoms with E-state index in [1.165, 1.54) is 18.2 Å². The number of hydrogen-bond acceptors (Lipinski definition) is 9. The summed E-state index contributed by atoms with van der Waals surface area (Å²) in [6.45, 7) is 3.15. The van der Waals surface area contributed by atoms with Gasteiger partial charge in [-0.2, -0.15) is 0 Å². The normalized spacial score (nSPS) is 18.8. The van der Waals surface area contributed by atoms with Crippen molar-refractivity contribution in [3.05, 3.63) is 60.0 Å². The van der Waals surface area contributed by atoms with Gasteiger partial charge in [-0.15, -0.1) is 16.7 Å². The van der Waals surface area contributed by atoms with Crippen LogP contribution in [0.3, 0.4) is 0 Å². The van der Waals surface area contributed by atoms with Gasteiger partial charge < -0.3 is 25.5 Å². The van der Waals surface area contributed by atoms with Crippen LogP contribution < -0.4 is 20.1 Å². The predicted octanol–water partition coefficient (Wildman–Crippen LogP) is 3.46. The quantitative estimate of drug-likeness (QED) is 0.248. The average Bonchev–Trinajstić information content (AvgIpc) is 3.29. The number of piperazine rings is 1. The Hall–Kier alpha value is -3.89. The number of hydrogen-bond donors (Lipinski definition) is 2. The third-order valence-corrected chi connectivity index (χ3v) is 7.51. The molecular formula is C27H29ClN8O2. The number of methoxy groups -OCH3 is 1. The SMILES string of the molecule is COc1ccc(CN2C3CC2CN(c2ccc(-c4cc(OCCCl)cn5nc(N)c(C=N)c45)cn2)C3)cn1. The van der Waals surface area contributed by atoms with Crippen LogP contribution in [-0.4, -0.2) is 75.5 Å². The Morgan fingerprint density at radius 3 is 2.66 bits per heavy atom. The maximum atomic E-state index is 7.86. The molecular weight excluding hydrogens is 504 g/mol. The minimum atomic E-state index is 0.294. The van der Waals surface area contributed by atoms with E-state index in [0.717, 1.165) is 42.1 Å². The van der Waals surface area contributed by atoms with Gasteiger partial charge in [0.2, 0.25) is 5.88 Å². The second-order valence-corrected chi connectivity index (χ2v) is 9.98.